The van der Waals surface area contributed by atoms with Gasteiger partial charge in [0.2, 0.25) is 0 Å². The molecule has 0 spiro atoms. The maximum atomic E-state index is 12.5. The molecule has 2 aromatic rings. The zero-order chi connectivity index (χ0) is 15.4. The molecular formula is C16H18N4O. The van der Waals surface area contributed by atoms with E-state index < -0.39 is 0 Å². The molecule has 0 atom stereocenters. The smallest absolute Gasteiger partial charge is 0.268 e. The first kappa shape index (κ1) is 14.9. The summed E-state index contributed by atoms with van der Waals surface area (Å²) in [5.74, 6) is 0. The molecule has 2 heterocycles. The van der Waals surface area contributed by atoms with Crippen LogP contribution in [0.1, 0.15) is 37.6 Å². The van der Waals surface area contributed by atoms with E-state index in [4.69, 9.17) is 0 Å². The molecule has 0 aliphatic carbocycles. The summed E-state index contributed by atoms with van der Waals surface area (Å²) in [6.45, 7) is 6.42. The van der Waals surface area contributed by atoms with Crippen LogP contribution in [0.4, 0.5) is 0 Å². The number of nitriles is 1. The van der Waals surface area contributed by atoms with Gasteiger partial charge in [-0.2, -0.15) is 5.26 Å². The average molecular weight is 282 g/mol. The summed E-state index contributed by atoms with van der Waals surface area (Å²) in [7, 11) is 0. The second kappa shape index (κ2) is 6.31. The van der Waals surface area contributed by atoms with Crippen molar-refractivity contribution < 1.29 is 0 Å². The van der Waals surface area contributed by atoms with Gasteiger partial charge < -0.3 is 4.57 Å². The molecule has 21 heavy (non-hydrogen) atoms. The van der Waals surface area contributed by atoms with Crippen molar-refractivity contribution >= 4 is 0 Å². The van der Waals surface area contributed by atoms with Crippen LogP contribution >= 0.6 is 0 Å². The lowest BCUT2D eigenvalue weighted by atomic mass is 9.95. The van der Waals surface area contributed by atoms with Gasteiger partial charge in [0.25, 0.3) is 5.56 Å². The second-order valence-corrected chi connectivity index (χ2v) is 4.64. The van der Waals surface area contributed by atoms with Gasteiger partial charge in [0, 0.05) is 24.0 Å². The Hall–Kier alpha value is -2.48. The summed E-state index contributed by atoms with van der Waals surface area (Å²) in [4.78, 5) is 20.7. The predicted molar refractivity (Wildman–Crippen MR) is 80.9 cm³/mol. The van der Waals surface area contributed by atoms with Crippen molar-refractivity contribution in [1.29, 1.82) is 5.26 Å². The molecule has 5 heteroatoms. The SMILES string of the molecule is CCc1c(-c2ccncn2)c(CC)n(CC)c(=O)c1C#N. The lowest BCUT2D eigenvalue weighted by Crippen LogP contribution is -2.28. The van der Waals surface area contributed by atoms with E-state index in [-0.39, 0.29) is 11.1 Å². The van der Waals surface area contributed by atoms with E-state index in [0.29, 0.717) is 19.4 Å². The molecule has 0 aliphatic heterocycles. The van der Waals surface area contributed by atoms with Crippen molar-refractivity contribution in [2.75, 3.05) is 0 Å². The minimum Gasteiger partial charge on any atom is -0.311 e. The molecule has 2 rings (SSSR count). The van der Waals surface area contributed by atoms with Crippen molar-refractivity contribution in [2.45, 2.75) is 40.2 Å². The van der Waals surface area contributed by atoms with E-state index in [2.05, 4.69) is 16.0 Å². The van der Waals surface area contributed by atoms with Crippen LogP contribution in [0, 0.1) is 11.3 Å². The molecular weight excluding hydrogens is 264 g/mol. The minimum absolute atomic E-state index is 0.202. The highest BCUT2D eigenvalue weighted by atomic mass is 16.1. The van der Waals surface area contributed by atoms with E-state index in [9.17, 15) is 10.1 Å². The molecule has 0 radical (unpaired) electrons. The third-order valence-corrected chi connectivity index (χ3v) is 3.63. The quantitative estimate of drug-likeness (QED) is 0.862. The first-order valence-electron chi connectivity index (χ1n) is 7.14. The van der Waals surface area contributed by atoms with Crippen LogP contribution < -0.4 is 5.56 Å². The highest BCUT2D eigenvalue weighted by molar-refractivity contribution is 5.69. The summed E-state index contributed by atoms with van der Waals surface area (Å²) >= 11 is 0. The van der Waals surface area contributed by atoms with Crippen LogP contribution in [-0.4, -0.2) is 14.5 Å². The van der Waals surface area contributed by atoms with Gasteiger partial charge in [0.15, 0.2) is 0 Å². The van der Waals surface area contributed by atoms with Crippen LogP contribution in [0.2, 0.25) is 0 Å². The number of hydrogen-bond donors (Lipinski definition) is 0. The van der Waals surface area contributed by atoms with E-state index in [1.807, 2.05) is 26.8 Å². The molecule has 0 fully saturated rings. The molecule has 0 aromatic carbocycles. The van der Waals surface area contributed by atoms with Crippen LogP contribution in [0.5, 0.6) is 0 Å². The Bertz CT molecular complexity index is 742. The number of hydrogen-bond acceptors (Lipinski definition) is 4. The molecule has 0 bridgehead atoms. The third kappa shape index (κ3) is 2.45. The van der Waals surface area contributed by atoms with E-state index in [1.165, 1.54) is 6.33 Å². The van der Waals surface area contributed by atoms with E-state index >= 15 is 0 Å². The molecule has 0 amide bonds. The summed E-state index contributed by atoms with van der Waals surface area (Å²) in [6, 6.07) is 3.89. The largest absolute Gasteiger partial charge is 0.311 e. The van der Waals surface area contributed by atoms with E-state index in [1.54, 1.807) is 10.8 Å². The van der Waals surface area contributed by atoms with Crippen LogP contribution in [-0.2, 0) is 19.4 Å². The fourth-order valence-corrected chi connectivity index (χ4v) is 2.73. The number of rotatable bonds is 4. The Labute approximate surface area is 123 Å². The fourth-order valence-electron chi connectivity index (χ4n) is 2.73. The third-order valence-electron chi connectivity index (χ3n) is 3.63. The second-order valence-electron chi connectivity index (χ2n) is 4.64. The van der Waals surface area contributed by atoms with Crippen LogP contribution in [0.15, 0.2) is 23.4 Å². The molecule has 0 aliphatic rings. The van der Waals surface area contributed by atoms with Gasteiger partial charge in [0.05, 0.1) is 5.69 Å². The summed E-state index contributed by atoms with van der Waals surface area (Å²) in [5.41, 5.74) is 3.40. The highest BCUT2D eigenvalue weighted by Gasteiger charge is 2.20. The molecule has 0 unspecified atom stereocenters. The monoisotopic (exact) mass is 282 g/mol. The number of nitrogens with zero attached hydrogens (tertiary/aromatic N) is 4. The Kier molecular flexibility index (Phi) is 4.49. The number of pyridine rings is 1. The zero-order valence-corrected chi connectivity index (χ0v) is 12.6. The van der Waals surface area contributed by atoms with Gasteiger partial charge in [-0.15, -0.1) is 0 Å². The van der Waals surface area contributed by atoms with Crippen molar-refractivity contribution in [3.63, 3.8) is 0 Å². The van der Waals surface area contributed by atoms with Crippen molar-refractivity contribution in [1.82, 2.24) is 14.5 Å². The van der Waals surface area contributed by atoms with Crippen molar-refractivity contribution in [2.24, 2.45) is 0 Å². The van der Waals surface area contributed by atoms with Gasteiger partial charge in [-0.05, 0) is 31.4 Å². The van der Waals surface area contributed by atoms with Crippen molar-refractivity contribution in [3.8, 4) is 17.3 Å². The van der Waals surface area contributed by atoms with Crippen LogP contribution in [0.3, 0.4) is 0 Å². The first-order chi connectivity index (χ1) is 10.2. The molecule has 2 aromatic heterocycles. The Morgan fingerprint density at radius 3 is 2.52 bits per heavy atom. The molecule has 0 saturated carbocycles. The van der Waals surface area contributed by atoms with Gasteiger partial charge in [-0.1, -0.05) is 13.8 Å². The van der Waals surface area contributed by atoms with Crippen molar-refractivity contribution in [3.05, 3.63) is 45.8 Å². The van der Waals surface area contributed by atoms with Gasteiger partial charge in [-0.25, -0.2) is 9.97 Å². The Balaban J connectivity index is 2.97. The van der Waals surface area contributed by atoms with Gasteiger partial charge in [-0.3, -0.25) is 4.79 Å². The topological polar surface area (TPSA) is 71.6 Å². The molecule has 108 valence electrons. The fraction of sp³-hybridized carbons (Fsp3) is 0.375. The Morgan fingerprint density at radius 1 is 1.29 bits per heavy atom. The zero-order valence-electron chi connectivity index (χ0n) is 12.6. The maximum Gasteiger partial charge on any atom is 0.268 e. The van der Waals surface area contributed by atoms with Crippen LogP contribution in [0.25, 0.3) is 11.3 Å². The predicted octanol–water partition coefficient (Wildman–Crippen LogP) is 2.32. The van der Waals surface area contributed by atoms with E-state index in [0.717, 1.165) is 22.5 Å². The van der Waals surface area contributed by atoms with Gasteiger partial charge >= 0.3 is 0 Å². The highest BCUT2D eigenvalue weighted by Crippen LogP contribution is 2.27. The maximum absolute atomic E-state index is 12.5. The lowest BCUT2D eigenvalue weighted by molar-refractivity contribution is 0.676. The first-order valence-corrected chi connectivity index (χ1v) is 7.14. The summed E-state index contributed by atoms with van der Waals surface area (Å²) in [6.07, 6.45) is 4.49. The normalized spacial score (nSPS) is 10.4. The number of aromatic nitrogens is 3. The Morgan fingerprint density at radius 2 is 2.05 bits per heavy atom. The lowest BCUT2D eigenvalue weighted by Gasteiger charge is -2.19. The molecule has 5 nitrogen and oxygen atoms in total. The molecule has 0 saturated heterocycles. The standard InChI is InChI=1S/C16H18N4O/c1-4-11-12(9-17)16(21)20(6-3)14(5-2)15(11)13-7-8-18-10-19-13/h7-8,10H,4-6H2,1-3H3. The molecule has 0 N–H and O–H groups in total. The summed E-state index contributed by atoms with van der Waals surface area (Å²) < 4.78 is 1.68. The minimum atomic E-state index is -0.202. The average Bonchev–Trinajstić information content (AvgIpc) is 2.54. The summed E-state index contributed by atoms with van der Waals surface area (Å²) in [5, 5.41) is 9.39. The van der Waals surface area contributed by atoms with Gasteiger partial charge in [0.1, 0.15) is 18.0 Å².